The van der Waals surface area contributed by atoms with Gasteiger partial charge in [-0.2, -0.15) is 0 Å². The van der Waals surface area contributed by atoms with E-state index in [0.717, 1.165) is 14.8 Å². The van der Waals surface area contributed by atoms with Gasteiger partial charge in [-0.15, -0.1) is 0 Å². The highest BCUT2D eigenvalue weighted by Gasteiger charge is 2.08. The van der Waals surface area contributed by atoms with Crippen molar-refractivity contribution in [2.24, 2.45) is 0 Å². The number of halogens is 2. The minimum Gasteiger partial charge on any atom is -0.322 e. The lowest BCUT2D eigenvalue weighted by Gasteiger charge is -2.08. The zero-order chi connectivity index (χ0) is 13.1. The van der Waals surface area contributed by atoms with Crippen molar-refractivity contribution in [3.8, 4) is 0 Å². The number of rotatable bonds is 2. The van der Waals surface area contributed by atoms with Crippen LogP contribution in [-0.4, -0.2) is 10.9 Å². The number of carbonyl (C=O) groups is 1. The van der Waals surface area contributed by atoms with Crippen molar-refractivity contribution in [1.82, 2.24) is 4.98 Å². The van der Waals surface area contributed by atoms with Crippen molar-refractivity contribution >= 4 is 50.1 Å². The lowest BCUT2D eigenvalue weighted by molar-refractivity contribution is 0.102. The summed E-state index contributed by atoms with van der Waals surface area (Å²) in [5.41, 5.74) is 2.45. The number of hydrogen-bond donors (Lipinski definition) is 1. The summed E-state index contributed by atoms with van der Waals surface area (Å²) in [4.78, 5) is 16.0. The number of nitrogens with zero attached hydrogens (tertiary/aromatic N) is 1. The number of hydrogen-bond acceptors (Lipinski definition) is 2. The fourth-order valence-electron chi connectivity index (χ4n) is 1.51. The van der Waals surface area contributed by atoms with Gasteiger partial charge in [-0.3, -0.25) is 4.79 Å². The van der Waals surface area contributed by atoms with Crippen LogP contribution in [0.4, 0.5) is 5.69 Å². The lowest BCUT2D eigenvalue weighted by Crippen LogP contribution is -2.12. The molecule has 0 aliphatic carbocycles. The Morgan fingerprint density at radius 2 is 2.11 bits per heavy atom. The molecule has 2 aromatic rings. The maximum atomic E-state index is 12.0. The topological polar surface area (TPSA) is 42.0 Å². The van der Waals surface area contributed by atoms with Crippen molar-refractivity contribution in [2.45, 2.75) is 6.92 Å². The number of carbonyl (C=O) groups excluding carboxylic acids is 1. The second-order valence-corrected chi connectivity index (χ2v) is 5.84. The Morgan fingerprint density at radius 3 is 2.78 bits per heavy atom. The molecule has 92 valence electrons. The molecule has 18 heavy (non-hydrogen) atoms. The van der Waals surface area contributed by atoms with E-state index in [1.54, 1.807) is 18.3 Å². The highest BCUT2D eigenvalue weighted by Crippen LogP contribution is 2.19. The minimum absolute atomic E-state index is 0.137. The summed E-state index contributed by atoms with van der Waals surface area (Å²) in [6.07, 6.45) is 1.60. The van der Waals surface area contributed by atoms with Crippen molar-refractivity contribution in [1.29, 1.82) is 0 Å². The van der Waals surface area contributed by atoms with E-state index in [0.29, 0.717) is 10.2 Å². The van der Waals surface area contributed by atoms with Gasteiger partial charge in [-0.05, 0) is 81.3 Å². The van der Waals surface area contributed by atoms with E-state index in [1.165, 1.54) is 0 Å². The average molecular weight is 417 g/mol. The van der Waals surface area contributed by atoms with Crippen molar-refractivity contribution in [2.75, 3.05) is 5.32 Å². The maximum absolute atomic E-state index is 12.0. The van der Waals surface area contributed by atoms with Crippen molar-refractivity contribution < 1.29 is 4.79 Å². The normalized spacial score (nSPS) is 10.2. The van der Waals surface area contributed by atoms with E-state index in [1.807, 2.05) is 25.1 Å². The van der Waals surface area contributed by atoms with E-state index in [2.05, 4.69) is 48.8 Å². The molecule has 5 heteroatoms. The molecule has 0 bridgehead atoms. The summed E-state index contributed by atoms with van der Waals surface area (Å²) < 4.78 is 1.80. The highest BCUT2D eigenvalue weighted by atomic mass is 127. The Hall–Kier alpha value is -0.950. The fourth-order valence-corrected chi connectivity index (χ4v) is 2.52. The van der Waals surface area contributed by atoms with Gasteiger partial charge >= 0.3 is 0 Å². The zero-order valence-electron chi connectivity index (χ0n) is 9.58. The predicted octanol–water partition coefficient (Wildman–Crippen LogP) is 4.01. The number of amides is 1. The number of pyridine rings is 1. The standard InChI is InChI=1S/C13H10BrIN2O/c1-8-6-10(15)2-3-11(8)17-13(18)9-4-5-16-12(14)7-9/h2-7H,1H3,(H,17,18). The van der Waals surface area contributed by atoms with Gasteiger partial charge in [0.15, 0.2) is 0 Å². The molecule has 0 unspecified atom stereocenters. The Kier molecular flexibility index (Phi) is 4.34. The quantitative estimate of drug-likeness (QED) is 0.593. The van der Waals surface area contributed by atoms with Gasteiger partial charge in [0.25, 0.3) is 5.91 Å². The van der Waals surface area contributed by atoms with E-state index in [4.69, 9.17) is 0 Å². The molecular weight excluding hydrogens is 407 g/mol. The van der Waals surface area contributed by atoms with Crippen LogP contribution < -0.4 is 5.32 Å². The predicted molar refractivity (Wildman–Crippen MR) is 83.8 cm³/mol. The van der Waals surface area contributed by atoms with Crippen LogP contribution in [0.3, 0.4) is 0 Å². The summed E-state index contributed by atoms with van der Waals surface area (Å²) >= 11 is 5.49. The smallest absolute Gasteiger partial charge is 0.255 e. The van der Waals surface area contributed by atoms with Gasteiger partial charge in [0.05, 0.1) is 0 Å². The SMILES string of the molecule is Cc1cc(I)ccc1NC(=O)c1ccnc(Br)c1. The molecule has 0 atom stereocenters. The number of anilines is 1. The van der Waals surface area contributed by atoms with Crippen molar-refractivity contribution in [3.05, 3.63) is 55.8 Å². The average Bonchev–Trinajstić information content (AvgIpc) is 2.32. The maximum Gasteiger partial charge on any atom is 0.255 e. The largest absolute Gasteiger partial charge is 0.322 e. The van der Waals surface area contributed by atoms with Crippen LogP contribution in [0.5, 0.6) is 0 Å². The molecule has 1 N–H and O–H groups in total. The minimum atomic E-state index is -0.137. The number of aryl methyl sites for hydroxylation is 1. The van der Waals surface area contributed by atoms with Gasteiger partial charge in [-0.25, -0.2) is 4.98 Å². The molecule has 1 amide bonds. The van der Waals surface area contributed by atoms with E-state index in [9.17, 15) is 4.79 Å². The first-order chi connectivity index (χ1) is 8.56. The molecule has 1 aromatic heterocycles. The van der Waals surface area contributed by atoms with Gasteiger partial charge in [-0.1, -0.05) is 0 Å². The van der Waals surface area contributed by atoms with Crippen LogP contribution in [-0.2, 0) is 0 Å². The molecule has 0 radical (unpaired) electrons. The zero-order valence-corrected chi connectivity index (χ0v) is 13.3. The molecule has 0 spiro atoms. The molecule has 0 aliphatic heterocycles. The highest BCUT2D eigenvalue weighted by molar-refractivity contribution is 14.1. The van der Waals surface area contributed by atoms with Crippen LogP contribution in [0.2, 0.25) is 0 Å². The molecule has 1 aromatic carbocycles. The third kappa shape index (κ3) is 3.29. The lowest BCUT2D eigenvalue weighted by atomic mass is 10.2. The monoisotopic (exact) mass is 416 g/mol. The van der Waals surface area contributed by atoms with Crippen LogP contribution in [0.1, 0.15) is 15.9 Å². The molecule has 1 heterocycles. The van der Waals surface area contributed by atoms with Crippen LogP contribution >= 0.6 is 38.5 Å². The Morgan fingerprint density at radius 1 is 1.33 bits per heavy atom. The van der Waals surface area contributed by atoms with Gasteiger partial charge < -0.3 is 5.32 Å². The first kappa shape index (κ1) is 13.5. The summed E-state index contributed by atoms with van der Waals surface area (Å²) in [6, 6.07) is 9.27. The fraction of sp³-hybridized carbons (Fsp3) is 0.0769. The molecule has 3 nitrogen and oxygen atoms in total. The van der Waals surface area contributed by atoms with Crippen molar-refractivity contribution in [3.63, 3.8) is 0 Å². The molecule has 0 aliphatic rings. The second kappa shape index (κ2) is 5.79. The summed E-state index contributed by atoms with van der Waals surface area (Å²) in [7, 11) is 0. The van der Waals surface area contributed by atoms with E-state index >= 15 is 0 Å². The molecular formula is C13H10BrIN2O. The molecule has 0 saturated heterocycles. The summed E-state index contributed by atoms with van der Waals surface area (Å²) in [5, 5.41) is 2.89. The second-order valence-electron chi connectivity index (χ2n) is 3.78. The first-order valence-corrected chi connectivity index (χ1v) is 7.12. The number of aromatic nitrogens is 1. The van der Waals surface area contributed by atoms with Gasteiger partial charge in [0, 0.05) is 21.0 Å². The molecule has 0 saturated carbocycles. The summed E-state index contributed by atoms with van der Waals surface area (Å²) in [5.74, 6) is -0.137. The Labute approximate surface area is 127 Å². The Balaban J connectivity index is 2.21. The van der Waals surface area contributed by atoms with Crippen LogP contribution in [0.25, 0.3) is 0 Å². The number of nitrogens with one attached hydrogen (secondary N) is 1. The van der Waals surface area contributed by atoms with Gasteiger partial charge in [0.1, 0.15) is 4.60 Å². The number of benzene rings is 1. The van der Waals surface area contributed by atoms with E-state index in [-0.39, 0.29) is 5.91 Å². The first-order valence-electron chi connectivity index (χ1n) is 5.25. The summed E-state index contributed by atoms with van der Waals surface area (Å²) in [6.45, 7) is 1.97. The van der Waals surface area contributed by atoms with Gasteiger partial charge in [0.2, 0.25) is 0 Å². The van der Waals surface area contributed by atoms with Crippen LogP contribution in [0.15, 0.2) is 41.1 Å². The third-order valence-corrected chi connectivity index (χ3v) is 3.53. The van der Waals surface area contributed by atoms with Crippen LogP contribution in [0, 0.1) is 10.5 Å². The molecule has 0 fully saturated rings. The van der Waals surface area contributed by atoms with E-state index < -0.39 is 0 Å². The molecule has 2 rings (SSSR count). The third-order valence-electron chi connectivity index (χ3n) is 2.43. The Bertz CT molecular complexity index is 601.